The summed E-state index contributed by atoms with van der Waals surface area (Å²) in [5, 5.41) is 2.94. The van der Waals surface area contributed by atoms with Gasteiger partial charge in [-0.05, 0) is 24.8 Å². The number of alkyl carbamates (subject to hydrolysis) is 1. The quantitative estimate of drug-likeness (QED) is 0.771. The van der Waals surface area contributed by atoms with Crippen molar-refractivity contribution in [3.8, 4) is 0 Å². The van der Waals surface area contributed by atoms with Crippen molar-refractivity contribution in [1.29, 1.82) is 0 Å². The van der Waals surface area contributed by atoms with E-state index >= 15 is 0 Å². The highest BCUT2D eigenvalue weighted by molar-refractivity contribution is 5.69. The minimum absolute atomic E-state index is 0.0106. The molecular formula is C19H27NO4. The van der Waals surface area contributed by atoms with Crippen molar-refractivity contribution < 1.29 is 19.1 Å². The number of carbonyl (C=O) groups is 2. The van der Waals surface area contributed by atoms with Gasteiger partial charge in [-0.3, -0.25) is 4.79 Å². The van der Waals surface area contributed by atoms with E-state index in [0.717, 1.165) is 37.7 Å². The maximum atomic E-state index is 12.0. The zero-order valence-corrected chi connectivity index (χ0v) is 14.3. The van der Waals surface area contributed by atoms with E-state index in [1.807, 2.05) is 37.3 Å². The largest absolute Gasteiger partial charge is 0.465 e. The average molecular weight is 333 g/mol. The Morgan fingerprint density at radius 1 is 1.12 bits per heavy atom. The van der Waals surface area contributed by atoms with Gasteiger partial charge >= 0.3 is 12.1 Å². The van der Waals surface area contributed by atoms with Crippen LogP contribution in [0, 0.1) is 5.92 Å². The maximum Gasteiger partial charge on any atom is 0.407 e. The predicted octanol–water partition coefficient (Wildman–Crippen LogP) is 3.81. The molecule has 1 N–H and O–H groups in total. The molecule has 0 heterocycles. The van der Waals surface area contributed by atoms with Gasteiger partial charge in [0.2, 0.25) is 0 Å². The van der Waals surface area contributed by atoms with E-state index in [2.05, 4.69) is 5.32 Å². The van der Waals surface area contributed by atoms with Gasteiger partial charge in [0.05, 0.1) is 6.61 Å². The monoisotopic (exact) mass is 333 g/mol. The lowest BCUT2D eigenvalue weighted by molar-refractivity contribution is -0.145. The van der Waals surface area contributed by atoms with Crippen molar-refractivity contribution in [3.05, 3.63) is 35.9 Å². The lowest BCUT2D eigenvalue weighted by Crippen LogP contribution is -2.44. The molecule has 1 aliphatic carbocycles. The fraction of sp³-hybridized carbons (Fsp3) is 0.579. The SMILES string of the molecule is CCCC(=O)OC[C@H]1CCCC[C@H]1NC(=O)OCc1ccccc1. The van der Waals surface area contributed by atoms with Gasteiger partial charge in [-0.25, -0.2) is 4.79 Å². The van der Waals surface area contributed by atoms with E-state index in [9.17, 15) is 9.59 Å². The van der Waals surface area contributed by atoms with Crippen LogP contribution in [0.3, 0.4) is 0 Å². The Labute approximate surface area is 143 Å². The van der Waals surface area contributed by atoms with Gasteiger partial charge in [-0.2, -0.15) is 0 Å². The number of carbonyl (C=O) groups excluding carboxylic acids is 2. The lowest BCUT2D eigenvalue weighted by atomic mass is 9.85. The number of rotatable bonds is 7. The van der Waals surface area contributed by atoms with Crippen LogP contribution in [-0.2, 0) is 20.9 Å². The molecule has 1 amide bonds. The minimum atomic E-state index is -0.407. The first kappa shape index (κ1) is 18.3. The highest BCUT2D eigenvalue weighted by Crippen LogP contribution is 2.25. The Hall–Kier alpha value is -2.04. The molecule has 2 rings (SSSR count). The summed E-state index contributed by atoms with van der Waals surface area (Å²) in [5.41, 5.74) is 0.960. The minimum Gasteiger partial charge on any atom is -0.465 e. The normalized spacial score (nSPS) is 20.2. The molecule has 0 aliphatic heterocycles. The molecule has 1 fully saturated rings. The first-order valence-electron chi connectivity index (χ1n) is 8.82. The van der Waals surface area contributed by atoms with E-state index in [1.165, 1.54) is 0 Å². The topological polar surface area (TPSA) is 64.6 Å². The van der Waals surface area contributed by atoms with Crippen molar-refractivity contribution in [1.82, 2.24) is 5.32 Å². The Morgan fingerprint density at radius 3 is 2.62 bits per heavy atom. The third-order valence-corrected chi connectivity index (χ3v) is 4.34. The number of benzene rings is 1. The summed E-state index contributed by atoms with van der Waals surface area (Å²) in [6.45, 7) is 2.59. The summed E-state index contributed by atoms with van der Waals surface area (Å²) in [4.78, 5) is 23.6. The zero-order valence-electron chi connectivity index (χ0n) is 14.3. The van der Waals surface area contributed by atoms with Gasteiger partial charge in [0, 0.05) is 18.4 Å². The molecule has 5 heteroatoms. The Morgan fingerprint density at radius 2 is 1.88 bits per heavy atom. The molecule has 1 aromatic carbocycles. The molecule has 1 saturated carbocycles. The smallest absolute Gasteiger partial charge is 0.407 e. The molecule has 132 valence electrons. The molecule has 5 nitrogen and oxygen atoms in total. The molecule has 0 spiro atoms. The maximum absolute atomic E-state index is 12.0. The van der Waals surface area contributed by atoms with Crippen molar-refractivity contribution in [2.24, 2.45) is 5.92 Å². The molecule has 0 unspecified atom stereocenters. The van der Waals surface area contributed by atoms with Gasteiger partial charge in [-0.15, -0.1) is 0 Å². The summed E-state index contributed by atoms with van der Waals surface area (Å²) in [6.07, 6.45) is 4.87. The number of hydrogen-bond acceptors (Lipinski definition) is 4. The molecular weight excluding hydrogens is 306 g/mol. The van der Waals surface area contributed by atoms with Gasteiger partial charge in [-0.1, -0.05) is 50.1 Å². The second-order valence-electron chi connectivity index (χ2n) is 6.29. The second kappa shape index (κ2) is 9.96. The number of esters is 1. The van der Waals surface area contributed by atoms with Crippen LogP contribution in [0.2, 0.25) is 0 Å². The number of nitrogens with one attached hydrogen (secondary N) is 1. The van der Waals surface area contributed by atoms with Gasteiger partial charge < -0.3 is 14.8 Å². The number of amides is 1. The van der Waals surface area contributed by atoms with E-state index in [1.54, 1.807) is 0 Å². The molecule has 0 saturated heterocycles. The third-order valence-electron chi connectivity index (χ3n) is 4.34. The first-order valence-corrected chi connectivity index (χ1v) is 8.82. The standard InChI is InChI=1S/C19H27NO4/c1-2-8-18(21)23-14-16-11-6-7-12-17(16)20-19(22)24-13-15-9-4-3-5-10-15/h3-5,9-10,16-17H,2,6-8,11-14H2,1H3,(H,20,22)/t16-,17-/m1/s1. The lowest BCUT2D eigenvalue weighted by Gasteiger charge is -2.31. The van der Waals surface area contributed by atoms with Crippen LogP contribution >= 0.6 is 0 Å². The molecule has 0 radical (unpaired) electrons. The summed E-state index contributed by atoms with van der Waals surface area (Å²) < 4.78 is 10.6. The van der Waals surface area contributed by atoms with Crippen molar-refractivity contribution in [2.75, 3.05) is 6.61 Å². The van der Waals surface area contributed by atoms with Gasteiger partial charge in [0.15, 0.2) is 0 Å². The summed E-state index contributed by atoms with van der Waals surface area (Å²) in [5.74, 6) is 0.0114. The van der Waals surface area contributed by atoms with Crippen LogP contribution in [-0.4, -0.2) is 24.7 Å². The van der Waals surface area contributed by atoms with E-state index in [0.29, 0.717) is 13.0 Å². The molecule has 0 aromatic heterocycles. The Bertz CT molecular complexity index is 517. The Balaban J connectivity index is 1.77. The summed E-state index contributed by atoms with van der Waals surface area (Å²) >= 11 is 0. The second-order valence-corrected chi connectivity index (χ2v) is 6.29. The fourth-order valence-electron chi connectivity index (χ4n) is 2.99. The summed E-state index contributed by atoms with van der Waals surface area (Å²) in [7, 11) is 0. The molecule has 2 atom stereocenters. The first-order chi connectivity index (χ1) is 11.7. The highest BCUT2D eigenvalue weighted by atomic mass is 16.5. The van der Waals surface area contributed by atoms with Crippen LogP contribution in [0.1, 0.15) is 51.0 Å². The van der Waals surface area contributed by atoms with Crippen LogP contribution in [0.4, 0.5) is 4.79 Å². The summed E-state index contributed by atoms with van der Waals surface area (Å²) in [6, 6.07) is 9.61. The molecule has 1 aromatic rings. The molecule has 0 bridgehead atoms. The van der Waals surface area contributed by atoms with Crippen molar-refractivity contribution in [2.45, 2.75) is 58.1 Å². The van der Waals surface area contributed by atoms with E-state index in [4.69, 9.17) is 9.47 Å². The number of ether oxygens (including phenoxy) is 2. The third kappa shape index (κ3) is 6.22. The van der Waals surface area contributed by atoms with Crippen LogP contribution in [0.15, 0.2) is 30.3 Å². The van der Waals surface area contributed by atoms with E-state index < -0.39 is 6.09 Å². The number of hydrogen-bond donors (Lipinski definition) is 1. The van der Waals surface area contributed by atoms with Gasteiger partial charge in [0.1, 0.15) is 6.61 Å². The van der Waals surface area contributed by atoms with Crippen LogP contribution in [0.5, 0.6) is 0 Å². The van der Waals surface area contributed by atoms with Gasteiger partial charge in [0.25, 0.3) is 0 Å². The average Bonchev–Trinajstić information content (AvgIpc) is 2.60. The Kier molecular flexibility index (Phi) is 7.59. The fourth-order valence-corrected chi connectivity index (χ4v) is 2.99. The highest BCUT2D eigenvalue weighted by Gasteiger charge is 2.28. The predicted molar refractivity (Wildman–Crippen MR) is 91.4 cm³/mol. The van der Waals surface area contributed by atoms with Crippen LogP contribution < -0.4 is 5.32 Å². The zero-order chi connectivity index (χ0) is 17.2. The molecule has 24 heavy (non-hydrogen) atoms. The van der Waals surface area contributed by atoms with Crippen molar-refractivity contribution >= 4 is 12.1 Å². The van der Waals surface area contributed by atoms with Crippen LogP contribution in [0.25, 0.3) is 0 Å². The van der Waals surface area contributed by atoms with Crippen molar-refractivity contribution in [3.63, 3.8) is 0 Å². The molecule has 1 aliphatic rings. The van der Waals surface area contributed by atoms with E-state index in [-0.39, 0.29) is 24.5 Å².